The van der Waals surface area contributed by atoms with Crippen LogP contribution in [-0.4, -0.2) is 53.5 Å². The van der Waals surface area contributed by atoms with Gasteiger partial charge in [-0.3, -0.25) is 14.9 Å². The van der Waals surface area contributed by atoms with Crippen LogP contribution in [0.5, 0.6) is 0 Å². The number of carbonyl (C=O) groups is 1. The lowest BCUT2D eigenvalue weighted by Gasteiger charge is -2.15. The summed E-state index contributed by atoms with van der Waals surface area (Å²) in [7, 11) is 6.62. The second-order valence-corrected chi connectivity index (χ2v) is 4.40. The van der Waals surface area contributed by atoms with Crippen molar-refractivity contribution in [2.75, 3.05) is 26.6 Å². The number of hydrogen-bond acceptors (Lipinski definition) is 8. The fourth-order valence-electron chi connectivity index (χ4n) is 1.85. The molecule has 1 rings (SSSR count). The molecule has 2 N–H and O–H groups in total. The Balaban J connectivity index is 2.99. The molecule has 0 aliphatic carbocycles. The molecule has 0 spiro atoms. The van der Waals surface area contributed by atoms with Crippen molar-refractivity contribution < 1.29 is 23.8 Å². The van der Waals surface area contributed by atoms with E-state index in [1.165, 1.54) is 42.6 Å². The monoisotopic (exact) mass is 321 g/mol. The summed E-state index contributed by atoms with van der Waals surface area (Å²) in [5.74, 6) is -0.553. The summed E-state index contributed by atoms with van der Waals surface area (Å²) in [5.41, 5.74) is 0.756. The molecule has 0 fully saturated rings. The molecular weight excluding hydrogens is 304 g/mol. The van der Waals surface area contributed by atoms with Crippen LogP contribution in [0.3, 0.4) is 0 Å². The number of nitro groups is 1. The average molecular weight is 321 g/mol. The summed E-state index contributed by atoms with van der Waals surface area (Å²) in [6.45, 7) is 0. The smallest absolute Gasteiger partial charge is 0.435 e. The molecule has 0 heterocycles. The molecule has 1 atom stereocenters. The van der Waals surface area contributed by atoms with Crippen LogP contribution < -0.4 is 10.5 Å². The van der Waals surface area contributed by atoms with E-state index in [1.807, 2.05) is 0 Å². The Morgan fingerprint density at radius 1 is 1.30 bits per heavy atom. The zero-order valence-electron chi connectivity index (χ0n) is 13.1. The number of rotatable bonds is 10. The number of nitro benzene ring substituents is 1. The second kappa shape index (κ2) is 9.82. The predicted molar refractivity (Wildman–Crippen MR) is 84.9 cm³/mol. The molecule has 0 saturated heterocycles. The molecule has 2 radical (unpaired) electrons. The molecule has 1 aromatic rings. The summed E-state index contributed by atoms with van der Waals surface area (Å²) < 4.78 is 14.2. The average Bonchev–Trinajstić information content (AvgIpc) is 2.56. The first kappa shape index (κ1) is 18.9. The highest BCUT2D eigenvalue weighted by atomic mass is 16.6. The van der Waals surface area contributed by atoms with E-state index in [2.05, 4.69) is 15.2 Å². The molecule has 0 amide bonds. The molecule has 0 aliphatic rings. The number of methoxy groups -OCH3 is 1. The van der Waals surface area contributed by atoms with Crippen molar-refractivity contribution in [1.82, 2.24) is 5.23 Å². The number of anilines is 1. The Kier molecular flexibility index (Phi) is 8.09. The third-order valence-electron chi connectivity index (χ3n) is 2.92. The first-order valence-corrected chi connectivity index (χ1v) is 6.60. The molecule has 1 unspecified atom stereocenters. The van der Waals surface area contributed by atoms with Crippen LogP contribution in [0.2, 0.25) is 0 Å². The summed E-state index contributed by atoms with van der Waals surface area (Å²) >= 11 is 0. The number of esters is 1. The third-order valence-corrected chi connectivity index (χ3v) is 2.92. The molecule has 0 saturated carbocycles. The largest absolute Gasteiger partial charge is 0.468 e. The number of benzene rings is 1. The van der Waals surface area contributed by atoms with Gasteiger partial charge in [-0.05, 0) is 6.07 Å². The first-order chi connectivity index (χ1) is 11.0. The maximum absolute atomic E-state index is 11.7. The molecule has 23 heavy (non-hydrogen) atoms. The van der Waals surface area contributed by atoms with E-state index in [0.29, 0.717) is 11.3 Å². The lowest BCUT2D eigenvalue weighted by molar-refractivity contribution is -0.385. The molecule has 0 bridgehead atoms. The minimum absolute atomic E-state index is 0.0666. The van der Waals surface area contributed by atoms with Crippen LogP contribution in [-0.2, 0) is 25.3 Å². The van der Waals surface area contributed by atoms with E-state index in [1.54, 1.807) is 12.1 Å². The van der Waals surface area contributed by atoms with Crippen LogP contribution >= 0.6 is 0 Å². The molecule has 11 heteroatoms. The quantitative estimate of drug-likeness (QED) is 0.269. The van der Waals surface area contributed by atoms with Crippen molar-refractivity contribution in [1.29, 1.82) is 0 Å². The van der Waals surface area contributed by atoms with Crippen molar-refractivity contribution in [2.24, 2.45) is 0 Å². The Labute approximate surface area is 135 Å². The number of nitrogens with zero attached hydrogens (tertiary/aromatic N) is 1. The van der Waals surface area contributed by atoms with Gasteiger partial charge < -0.3 is 24.5 Å². The number of ether oxygens (including phenoxy) is 1. The van der Waals surface area contributed by atoms with Gasteiger partial charge in [-0.25, -0.2) is 0 Å². The lowest BCUT2D eigenvalue weighted by atomic mass is 10.0. The second-order valence-electron chi connectivity index (χ2n) is 4.40. The van der Waals surface area contributed by atoms with E-state index >= 15 is 0 Å². The van der Waals surface area contributed by atoms with Gasteiger partial charge >= 0.3 is 21.2 Å². The van der Waals surface area contributed by atoms with Gasteiger partial charge in [0.1, 0.15) is 6.04 Å². The van der Waals surface area contributed by atoms with Crippen LogP contribution in [0.15, 0.2) is 18.2 Å². The first-order valence-electron chi connectivity index (χ1n) is 6.60. The molecule has 122 valence electrons. The van der Waals surface area contributed by atoms with Gasteiger partial charge in [0.2, 0.25) is 0 Å². The van der Waals surface area contributed by atoms with E-state index in [-0.39, 0.29) is 12.1 Å². The Morgan fingerprint density at radius 3 is 2.57 bits per heavy atom. The highest BCUT2D eigenvalue weighted by Crippen LogP contribution is 2.24. The predicted octanol–water partition coefficient (Wildman–Crippen LogP) is 0.0416. The van der Waals surface area contributed by atoms with Crippen LogP contribution in [0.1, 0.15) is 5.56 Å². The zero-order valence-corrected chi connectivity index (χ0v) is 13.1. The third kappa shape index (κ3) is 5.89. The van der Waals surface area contributed by atoms with Gasteiger partial charge in [0.25, 0.3) is 5.69 Å². The molecular formula is C12H17B2N3O6. The normalized spacial score (nSPS) is 11.4. The maximum atomic E-state index is 11.7. The topological polar surface area (TPSA) is 112 Å². The summed E-state index contributed by atoms with van der Waals surface area (Å²) in [6, 6.07) is 3.77. The fraction of sp³-hybridized carbons (Fsp3) is 0.417. The molecule has 9 nitrogen and oxygen atoms in total. The van der Waals surface area contributed by atoms with Crippen LogP contribution in [0.4, 0.5) is 11.4 Å². The van der Waals surface area contributed by atoms with Crippen molar-refractivity contribution in [2.45, 2.75) is 12.5 Å². The van der Waals surface area contributed by atoms with Gasteiger partial charge in [-0.15, -0.1) is 0 Å². The highest BCUT2D eigenvalue weighted by Gasteiger charge is 2.24. The molecule has 0 aliphatic heterocycles. The van der Waals surface area contributed by atoms with Crippen molar-refractivity contribution >= 4 is 32.6 Å². The highest BCUT2D eigenvalue weighted by molar-refractivity contribution is 6.32. The Hall–Kier alpha value is -2.10. The number of carbonyl (C=O) groups excluding carboxylic acids is 1. The Morgan fingerprint density at radius 2 is 2.00 bits per heavy atom. The number of nitrogens with one attached hydrogen (secondary N) is 2. The van der Waals surface area contributed by atoms with Gasteiger partial charge in [0, 0.05) is 38.0 Å². The lowest BCUT2D eigenvalue weighted by Crippen LogP contribution is -2.42. The Bertz CT molecular complexity index is 546. The minimum Gasteiger partial charge on any atom is -0.468 e. The van der Waals surface area contributed by atoms with Crippen LogP contribution in [0, 0.1) is 10.1 Å². The van der Waals surface area contributed by atoms with E-state index in [4.69, 9.17) is 9.31 Å². The van der Waals surface area contributed by atoms with Crippen molar-refractivity contribution in [3.63, 3.8) is 0 Å². The van der Waals surface area contributed by atoms with E-state index in [9.17, 15) is 14.9 Å². The van der Waals surface area contributed by atoms with Gasteiger partial charge in [-0.1, -0.05) is 6.07 Å². The summed E-state index contributed by atoms with van der Waals surface area (Å²) in [5, 5.41) is 16.7. The van der Waals surface area contributed by atoms with E-state index in [0.717, 1.165) is 0 Å². The zero-order chi connectivity index (χ0) is 17.2. The summed E-state index contributed by atoms with van der Waals surface area (Å²) in [6.07, 6.45) is 0.0666. The standard InChI is InChI=1S/C12H17B2N3O6/c1-21-12(18)10(16-14-23-3)6-8-4-5-9(15-13-22-2)7-11(8)17(19)20/h4-5,7,10,15-16H,6H2,1-3H3. The van der Waals surface area contributed by atoms with E-state index < -0.39 is 16.9 Å². The van der Waals surface area contributed by atoms with Gasteiger partial charge in [0.05, 0.1) is 12.0 Å². The van der Waals surface area contributed by atoms with Crippen molar-refractivity contribution in [3.05, 3.63) is 33.9 Å². The van der Waals surface area contributed by atoms with Crippen molar-refractivity contribution in [3.8, 4) is 0 Å². The van der Waals surface area contributed by atoms with Gasteiger partial charge in [0.15, 0.2) is 0 Å². The maximum Gasteiger partial charge on any atom is 0.435 e. The molecule has 0 aromatic heterocycles. The number of hydrogen-bond donors (Lipinski definition) is 2. The van der Waals surface area contributed by atoms with Gasteiger partial charge in [-0.2, -0.15) is 0 Å². The molecule has 1 aromatic carbocycles. The SMILES string of the molecule is CO[B]Nc1ccc(CC(N[B]OC)C(=O)OC)c([N+](=O)[O-])c1. The summed E-state index contributed by atoms with van der Waals surface area (Å²) in [4.78, 5) is 22.5. The fourth-order valence-corrected chi connectivity index (χ4v) is 1.85. The minimum atomic E-state index is -0.803. The van der Waals surface area contributed by atoms with Crippen LogP contribution in [0.25, 0.3) is 0 Å².